The van der Waals surface area contributed by atoms with Crippen LogP contribution in [0.3, 0.4) is 0 Å². The van der Waals surface area contributed by atoms with Crippen LogP contribution in [0.5, 0.6) is 0 Å². The molecule has 2 heterocycles. The highest BCUT2D eigenvalue weighted by Crippen LogP contribution is 2.33. The molecule has 0 spiro atoms. The molecule has 1 nitrogen and oxygen atoms in total. The lowest BCUT2D eigenvalue weighted by molar-refractivity contribution is 0.463. The summed E-state index contributed by atoms with van der Waals surface area (Å²) in [5.41, 5.74) is 2.96. The molecule has 1 unspecified atom stereocenters. The zero-order valence-corrected chi connectivity index (χ0v) is 10.7. The Morgan fingerprint density at radius 1 is 1.31 bits per heavy atom. The minimum Gasteiger partial charge on any atom is -0.306 e. The maximum Gasteiger partial charge on any atom is 0.0334 e. The first-order valence-electron chi connectivity index (χ1n) is 5.74. The van der Waals surface area contributed by atoms with Gasteiger partial charge in [-0.3, -0.25) is 0 Å². The van der Waals surface area contributed by atoms with Crippen molar-refractivity contribution in [2.75, 3.05) is 0 Å². The summed E-state index contributed by atoms with van der Waals surface area (Å²) in [5, 5.41) is 10.3. The minimum atomic E-state index is 0.579. The van der Waals surface area contributed by atoms with Crippen molar-refractivity contribution in [3.05, 3.63) is 44.3 Å². The molecule has 0 amide bonds. The Morgan fingerprint density at radius 2 is 2.31 bits per heavy atom. The molecule has 0 bridgehead atoms. The molecule has 2 aromatic rings. The van der Waals surface area contributed by atoms with Gasteiger partial charge in [-0.25, -0.2) is 0 Å². The Balaban J connectivity index is 1.69. The Kier molecular flexibility index (Phi) is 3.09. The topological polar surface area (TPSA) is 12.0 Å². The summed E-state index contributed by atoms with van der Waals surface area (Å²) in [6.07, 6.45) is 3.90. The van der Waals surface area contributed by atoms with E-state index in [4.69, 9.17) is 0 Å². The molecule has 16 heavy (non-hydrogen) atoms. The Bertz CT molecular complexity index is 444. The van der Waals surface area contributed by atoms with Crippen LogP contribution in [0.1, 0.15) is 34.9 Å². The standard InChI is InChI=1S/C13H15NS2/c1-2-12(11-5-7-16-13(11)3-1)14-8-10-4-6-15-9-10/h4-7,9,12,14H,1-3,8H2. The fourth-order valence-electron chi connectivity index (χ4n) is 2.33. The van der Waals surface area contributed by atoms with Crippen LogP contribution in [-0.4, -0.2) is 0 Å². The maximum absolute atomic E-state index is 3.68. The molecule has 1 aliphatic rings. The third-order valence-electron chi connectivity index (χ3n) is 3.18. The van der Waals surface area contributed by atoms with Gasteiger partial charge in [0.2, 0.25) is 0 Å². The van der Waals surface area contributed by atoms with Gasteiger partial charge in [-0.1, -0.05) is 0 Å². The number of thiophene rings is 2. The van der Waals surface area contributed by atoms with Gasteiger partial charge in [0.05, 0.1) is 0 Å². The summed E-state index contributed by atoms with van der Waals surface area (Å²) in [6, 6.07) is 5.08. The maximum atomic E-state index is 3.68. The number of hydrogen-bond acceptors (Lipinski definition) is 3. The lowest BCUT2D eigenvalue weighted by Gasteiger charge is -2.23. The van der Waals surface area contributed by atoms with Crippen molar-refractivity contribution in [1.29, 1.82) is 0 Å². The molecule has 3 rings (SSSR count). The molecule has 84 valence electrons. The van der Waals surface area contributed by atoms with E-state index in [9.17, 15) is 0 Å². The summed E-state index contributed by atoms with van der Waals surface area (Å²) >= 11 is 3.69. The second kappa shape index (κ2) is 4.70. The molecule has 0 aromatic carbocycles. The highest BCUT2D eigenvalue weighted by atomic mass is 32.1. The van der Waals surface area contributed by atoms with E-state index in [0.717, 1.165) is 6.54 Å². The molecule has 1 N–H and O–H groups in total. The highest BCUT2D eigenvalue weighted by Gasteiger charge is 2.20. The van der Waals surface area contributed by atoms with E-state index in [-0.39, 0.29) is 0 Å². The van der Waals surface area contributed by atoms with Crippen LogP contribution in [0.15, 0.2) is 28.3 Å². The molecular formula is C13H15NS2. The fraction of sp³-hybridized carbons (Fsp3) is 0.385. The van der Waals surface area contributed by atoms with Gasteiger partial charge >= 0.3 is 0 Å². The van der Waals surface area contributed by atoms with E-state index in [2.05, 4.69) is 33.6 Å². The molecular weight excluding hydrogens is 234 g/mol. The van der Waals surface area contributed by atoms with E-state index in [0.29, 0.717) is 6.04 Å². The molecule has 0 aliphatic heterocycles. The fourth-order valence-corrected chi connectivity index (χ4v) is 3.99. The average Bonchev–Trinajstić information content (AvgIpc) is 2.97. The third-order valence-corrected chi connectivity index (χ3v) is 4.91. The van der Waals surface area contributed by atoms with E-state index < -0.39 is 0 Å². The molecule has 2 aromatic heterocycles. The van der Waals surface area contributed by atoms with Gasteiger partial charge in [-0.05, 0) is 58.7 Å². The first kappa shape index (κ1) is 10.5. The monoisotopic (exact) mass is 249 g/mol. The first-order valence-corrected chi connectivity index (χ1v) is 7.56. The van der Waals surface area contributed by atoms with Crippen LogP contribution in [0.2, 0.25) is 0 Å². The van der Waals surface area contributed by atoms with Crippen LogP contribution in [0.25, 0.3) is 0 Å². The average molecular weight is 249 g/mol. The van der Waals surface area contributed by atoms with Gasteiger partial charge in [0.1, 0.15) is 0 Å². The van der Waals surface area contributed by atoms with E-state index >= 15 is 0 Å². The number of rotatable bonds is 3. The molecule has 0 saturated heterocycles. The van der Waals surface area contributed by atoms with Crippen LogP contribution >= 0.6 is 22.7 Å². The van der Waals surface area contributed by atoms with Gasteiger partial charge in [0.25, 0.3) is 0 Å². The van der Waals surface area contributed by atoms with Crippen molar-refractivity contribution in [3.63, 3.8) is 0 Å². The largest absolute Gasteiger partial charge is 0.306 e. The molecule has 3 heteroatoms. The quantitative estimate of drug-likeness (QED) is 0.867. The first-order chi connectivity index (χ1) is 7.93. The minimum absolute atomic E-state index is 0.579. The second-order valence-electron chi connectivity index (χ2n) is 4.26. The number of nitrogens with one attached hydrogen (secondary N) is 1. The van der Waals surface area contributed by atoms with Gasteiger partial charge in [-0.2, -0.15) is 11.3 Å². The Morgan fingerprint density at radius 3 is 3.19 bits per heavy atom. The lowest BCUT2D eigenvalue weighted by Crippen LogP contribution is -2.23. The zero-order valence-electron chi connectivity index (χ0n) is 9.11. The smallest absolute Gasteiger partial charge is 0.0334 e. The van der Waals surface area contributed by atoms with Gasteiger partial charge in [0.15, 0.2) is 0 Å². The van der Waals surface area contributed by atoms with Gasteiger partial charge in [0, 0.05) is 17.5 Å². The van der Waals surface area contributed by atoms with Crippen LogP contribution < -0.4 is 5.32 Å². The van der Waals surface area contributed by atoms with Crippen molar-refractivity contribution in [3.8, 4) is 0 Å². The molecule has 1 aliphatic carbocycles. The summed E-state index contributed by atoms with van der Waals surface area (Å²) in [7, 11) is 0. The Labute approximate surface area is 104 Å². The molecule has 1 atom stereocenters. The summed E-state index contributed by atoms with van der Waals surface area (Å²) < 4.78 is 0. The predicted octanol–water partition coefficient (Wildman–Crippen LogP) is 3.98. The van der Waals surface area contributed by atoms with E-state index in [1.54, 1.807) is 21.8 Å². The van der Waals surface area contributed by atoms with Crippen LogP contribution in [-0.2, 0) is 13.0 Å². The van der Waals surface area contributed by atoms with Crippen LogP contribution in [0.4, 0.5) is 0 Å². The Hall–Kier alpha value is -0.640. The van der Waals surface area contributed by atoms with Crippen molar-refractivity contribution in [2.45, 2.75) is 31.8 Å². The zero-order chi connectivity index (χ0) is 10.8. The second-order valence-corrected chi connectivity index (χ2v) is 6.04. The van der Waals surface area contributed by atoms with Gasteiger partial charge in [-0.15, -0.1) is 11.3 Å². The van der Waals surface area contributed by atoms with Crippen molar-refractivity contribution in [1.82, 2.24) is 5.32 Å². The third kappa shape index (κ3) is 2.08. The normalized spacial score (nSPS) is 19.6. The highest BCUT2D eigenvalue weighted by molar-refractivity contribution is 7.10. The molecule has 0 radical (unpaired) electrons. The number of fused-ring (bicyclic) bond motifs is 1. The van der Waals surface area contributed by atoms with Gasteiger partial charge < -0.3 is 5.32 Å². The predicted molar refractivity (Wildman–Crippen MR) is 71.2 cm³/mol. The summed E-state index contributed by atoms with van der Waals surface area (Å²) in [4.78, 5) is 1.59. The molecule has 0 fully saturated rings. The van der Waals surface area contributed by atoms with E-state index in [1.165, 1.54) is 24.8 Å². The van der Waals surface area contributed by atoms with Crippen LogP contribution in [0, 0.1) is 0 Å². The molecule has 0 saturated carbocycles. The number of aryl methyl sites for hydroxylation is 1. The number of hydrogen-bond donors (Lipinski definition) is 1. The summed E-state index contributed by atoms with van der Waals surface area (Å²) in [6.45, 7) is 1.00. The van der Waals surface area contributed by atoms with Crippen molar-refractivity contribution >= 4 is 22.7 Å². The van der Waals surface area contributed by atoms with Crippen molar-refractivity contribution < 1.29 is 0 Å². The summed E-state index contributed by atoms with van der Waals surface area (Å²) in [5.74, 6) is 0. The SMILES string of the molecule is c1cc(CNC2CCCc3sccc32)cs1. The van der Waals surface area contributed by atoms with E-state index in [1.807, 2.05) is 11.3 Å². The van der Waals surface area contributed by atoms with Crippen molar-refractivity contribution in [2.24, 2.45) is 0 Å². The lowest BCUT2D eigenvalue weighted by atomic mass is 9.94.